The van der Waals surface area contributed by atoms with E-state index in [1.807, 2.05) is 0 Å². The second-order valence-corrected chi connectivity index (χ2v) is 9.03. The lowest BCUT2D eigenvalue weighted by Gasteiger charge is -2.57. The number of rotatable bonds is 5. The van der Waals surface area contributed by atoms with Gasteiger partial charge in [-0.3, -0.25) is 0 Å². The van der Waals surface area contributed by atoms with E-state index in [1.165, 1.54) is 55.2 Å². The van der Waals surface area contributed by atoms with E-state index >= 15 is 0 Å². The molecule has 4 fully saturated rings. The van der Waals surface area contributed by atoms with Gasteiger partial charge in [0, 0.05) is 12.1 Å². The van der Waals surface area contributed by atoms with E-state index in [4.69, 9.17) is 0 Å². The zero-order valence-electron chi connectivity index (χ0n) is 15.1. The summed E-state index contributed by atoms with van der Waals surface area (Å²) in [7, 11) is 0. The predicted octanol–water partition coefficient (Wildman–Crippen LogP) is 5.34. The third-order valence-corrected chi connectivity index (χ3v) is 6.98. The molecule has 0 aromatic heterocycles. The summed E-state index contributed by atoms with van der Waals surface area (Å²) in [6.07, 6.45) is 9.91. The van der Waals surface area contributed by atoms with Crippen LogP contribution in [-0.2, 0) is 13.0 Å². The van der Waals surface area contributed by atoms with Gasteiger partial charge in [-0.05, 0) is 79.4 Å². The quantitative estimate of drug-likeness (QED) is 0.780. The van der Waals surface area contributed by atoms with Gasteiger partial charge in [0.2, 0.25) is 0 Å². The molecule has 0 atom stereocenters. The van der Waals surface area contributed by atoms with Crippen molar-refractivity contribution in [2.24, 2.45) is 17.8 Å². The van der Waals surface area contributed by atoms with Crippen molar-refractivity contribution in [2.45, 2.75) is 57.0 Å². The molecule has 0 spiro atoms. The summed E-state index contributed by atoms with van der Waals surface area (Å²) in [5.41, 5.74) is 4.71. The molecule has 0 heterocycles. The first kappa shape index (κ1) is 15.6. The van der Waals surface area contributed by atoms with Crippen LogP contribution in [0.2, 0.25) is 0 Å². The third kappa shape index (κ3) is 3.27. The molecule has 1 heteroatoms. The molecule has 4 bridgehead atoms. The highest BCUT2D eigenvalue weighted by atomic mass is 15.0. The molecule has 25 heavy (non-hydrogen) atoms. The van der Waals surface area contributed by atoms with Crippen LogP contribution >= 0.6 is 0 Å². The molecular weight excluding hydrogens is 302 g/mol. The van der Waals surface area contributed by atoms with Crippen molar-refractivity contribution in [3.05, 3.63) is 71.3 Å². The van der Waals surface area contributed by atoms with Gasteiger partial charge in [0.15, 0.2) is 0 Å². The van der Waals surface area contributed by atoms with Crippen LogP contribution in [0.25, 0.3) is 0 Å². The monoisotopic (exact) mass is 331 g/mol. The Labute approximate surface area is 151 Å². The van der Waals surface area contributed by atoms with Gasteiger partial charge in [-0.15, -0.1) is 0 Å². The Balaban J connectivity index is 1.22. The minimum atomic E-state index is 0.470. The smallest absolute Gasteiger partial charge is 0.0210 e. The molecule has 1 N–H and O–H groups in total. The second kappa shape index (κ2) is 6.29. The van der Waals surface area contributed by atoms with E-state index in [1.54, 1.807) is 0 Å². The standard InChI is InChI=1S/C24H29N/c1-2-4-18(5-3-1)10-19-6-8-20(9-7-19)17-25-24-14-21-11-22(15-24)13-23(12-21)16-24/h1-9,21-23,25H,10-17H2. The molecule has 2 aromatic rings. The summed E-state index contributed by atoms with van der Waals surface area (Å²) >= 11 is 0. The van der Waals surface area contributed by atoms with Crippen molar-refractivity contribution in [3.8, 4) is 0 Å². The van der Waals surface area contributed by atoms with Gasteiger partial charge in [0.05, 0.1) is 0 Å². The number of hydrogen-bond donors (Lipinski definition) is 1. The Morgan fingerprint density at radius 1 is 0.680 bits per heavy atom. The van der Waals surface area contributed by atoms with Gasteiger partial charge in [-0.25, -0.2) is 0 Å². The van der Waals surface area contributed by atoms with Crippen LogP contribution in [0.3, 0.4) is 0 Å². The molecule has 2 aromatic carbocycles. The first-order chi connectivity index (χ1) is 12.3. The summed E-state index contributed by atoms with van der Waals surface area (Å²) in [6.45, 7) is 1.04. The third-order valence-electron chi connectivity index (χ3n) is 6.98. The second-order valence-electron chi connectivity index (χ2n) is 9.03. The molecular formula is C24H29N. The van der Waals surface area contributed by atoms with Crippen LogP contribution < -0.4 is 5.32 Å². The fraction of sp³-hybridized carbons (Fsp3) is 0.500. The topological polar surface area (TPSA) is 12.0 Å². The molecule has 130 valence electrons. The van der Waals surface area contributed by atoms with Crippen molar-refractivity contribution < 1.29 is 0 Å². The van der Waals surface area contributed by atoms with Crippen LogP contribution in [0.15, 0.2) is 54.6 Å². The molecule has 4 saturated carbocycles. The molecule has 0 aliphatic heterocycles. The molecule has 0 radical (unpaired) electrons. The minimum Gasteiger partial charge on any atom is -0.307 e. The van der Waals surface area contributed by atoms with Crippen LogP contribution in [0.4, 0.5) is 0 Å². The molecule has 0 saturated heterocycles. The summed E-state index contributed by atoms with van der Waals surface area (Å²) in [5.74, 6) is 3.06. The number of hydrogen-bond acceptors (Lipinski definition) is 1. The zero-order chi connectivity index (χ0) is 16.7. The van der Waals surface area contributed by atoms with Gasteiger partial charge in [0.25, 0.3) is 0 Å². The Hall–Kier alpha value is -1.60. The largest absolute Gasteiger partial charge is 0.307 e. The number of nitrogens with one attached hydrogen (secondary N) is 1. The van der Waals surface area contributed by atoms with E-state index in [-0.39, 0.29) is 0 Å². The van der Waals surface area contributed by atoms with Gasteiger partial charge >= 0.3 is 0 Å². The van der Waals surface area contributed by atoms with Crippen LogP contribution in [0.1, 0.15) is 55.2 Å². The minimum absolute atomic E-state index is 0.470. The van der Waals surface area contributed by atoms with E-state index < -0.39 is 0 Å². The SMILES string of the molecule is c1ccc(Cc2ccc(CNC34CC5CC(CC(C5)C3)C4)cc2)cc1. The highest BCUT2D eigenvalue weighted by Crippen LogP contribution is 2.55. The van der Waals surface area contributed by atoms with Crippen molar-refractivity contribution in [1.82, 2.24) is 5.32 Å². The van der Waals surface area contributed by atoms with Gasteiger partial charge in [-0.1, -0.05) is 54.6 Å². The fourth-order valence-corrected chi connectivity index (χ4v) is 6.22. The van der Waals surface area contributed by atoms with E-state index in [9.17, 15) is 0 Å². The maximum atomic E-state index is 4.01. The molecule has 6 rings (SSSR count). The first-order valence-corrected chi connectivity index (χ1v) is 10.1. The zero-order valence-corrected chi connectivity index (χ0v) is 15.1. The molecule has 4 aliphatic carbocycles. The van der Waals surface area contributed by atoms with Crippen molar-refractivity contribution in [1.29, 1.82) is 0 Å². The van der Waals surface area contributed by atoms with Gasteiger partial charge in [-0.2, -0.15) is 0 Å². The highest BCUT2D eigenvalue weighted by molar-refractivity contribution is 5.28. The summed E-state index contributed by atoms with van der Waals surface area (Å²) < 4.78 is 0. The Morgan fingerprint density at radius 3 is 1.80 bits per heavy atom. The van der Waals surface area contributed by atoms with Crippen LogP contribution in [-0.4, -0.2) is 5.54 Å². The summed E-state index contributed by atoms with van der Waals surface area (Å²) in [5, 5.41) is 4.01. The van der Waals surface area contributed by atoms with E-state index in [0.29, 0.717) is 5.54 Å². The van der Waals surface area contributed by atoms with Gasteiger partial charge < -0.3 is 5.32 Å². The Kier molecular flexibility index (Phi) is 3.93. The van der Waals surface area contributed by atoms with Crippen molar-refractivity contribution in [3.63, 3.8) is 0 Å². The van der Waals surface area contributed by atoms with Crippen molar-refractivity contribution >= 4 is 0 Å². The number of benzene rings is 2. The average molecular weight is 332 g/mol. The lowest BCUT2D eigenvalue weighted by Crippen LogP contribution is -2.58. The fourth-order valence-electron chi connectivity index (χ4n) is 6.22. The molecule has 1 nitrogen and oxygen atoms in total. The molecule has 4 aliphatic rings. The van der Waals surface area contributed by atoms with E-state index in [2.05, 4.69) is 59.9 Å². The maximum absolute atomic E-state index is 4.01. The Bertz CT molecular complexity index is 680. The normalized spacial score (nSPS) is 32.9. The van der Waals surface area contributed by atoms with Gasteiger partial charge in [0.1, 0.15) is 0 Å². The summed E-state index contributed by atoms with van der Waals surface area (Å²) in [6, 6.07) is 20.0. The molecule has 0 amide bonds. The summed E-state index contributed by atoms with van der Waals surface area (Å²) in [4.78, 5) is 0. The Morgan fingerprint density at radius 2 is 1.20 bits per heavy atom. The maximum Gasteiger partial charge on any atom is 0.0210 e. The van der Waals surface area contributed by atoms with Crippen LogP contribution in [0.5, 0.6) is 0 Å². The molecule has 0 unspecified atom stereocenters. The van der Waals surface area contributed by atoms with E-state index in [0.717, 1.165) is 30.7 Å². The van der Waals surface area contributed by atoms with Crippen molar-refractivity contribution in [2.75, 3.05) is 0 Å². The average Bonchev–Trinajstić information content (AvgIpc) is 2.61. The lowest BCUT2D eigenvalue weighted by atomic mass is 9.53. The lowest BCUT2D eigenvalue weighted by molar-refractivity contribution is -0.0206. The highest BCUT2D eigenvalue weighted by Gasteiger charge is 2.50. The van der Waals surface area contributed by atoms with Crippen LogP contribution in [0, 0.1) is 17.8 Å². The first-order valence-electron chi connectivity index (χ1n) is 10.1. The predicted molar refractivity (Wildman–Crippen MR) is 103 cm³/mol.